The fourth-order valence-corrected chi connectivity index (χ4v) is 1.91. The standard InChI is InChI=1S/C11H12ClN5O/c1-6-14-7(2)17(15-6)10-4-3-8(5-9(10)12)11(13)16-18/h3-5,18H,1-2H3,(H2,13,16). The van der Waals surface area contributed by atoms with Crippen LogP contribution >= 0.6 is 11.6 Å². The average molecular weight is 266 g/mol. The summed E-state index contributed by atoms with van der Waals surface area (Å²) in [6, 6.07) is 5.06. The van der Waals surface area contributed by atoms with E-state index in [0.29, 0.717) is 22.1 Å². The van der Waals surface area contributed by atoms with Crippen molar-refractivity contribution in [3.8, 4) is 5.69 Å². The molecule has 1 aromatic heterocycles. The maximum absolute atomic E-state index is 8.61. The maximum atomic E-state index is 8.61. The molecular formula is C11H12ClN5O. The molecular weight excluding hydrogens is 254 g/mol. The Labute approximate surface area is 109 Å². The molecule has 0 saturated carbocycles. The van der Waals surface area contributed by atoms with Crippen LogP contribution in [-0.4, -0.2) is 25.8 Å². The Kier molecular flexibility index (Phi) is 3.20. The Morgan fingerprint density at radius 1 is 1.44 bits per heavy atom. The lowest BCUT2D eigenvalue weighted by Crippen LogP contribution is -2.13. The summed E-state index contributed by atoms with van der Waals surface area (Å²) in [5.41, 5.74) is 6.73. The van der Waals surface area contributed by atoms with Gasteiger partial charge >= 0.3 is 0 Å². The van der Waals surface area contributed by atoms with Gasteiger partial charge in [0.25, 0.3) is 0 Å². The molecule has 0 bridgehead atoms. The fraction of sp³-hybridized carbons (Fsp3) is 0.182. The van der Waals surface area contributed by atoms with Gasteiger partial charge in [0.2, 0.25) is 0 Å². The van der Waals surface area contributed by atoms with E-state index >= 15 is 0 Å². The van der Waals surface area contributed by atoms with Crippen LogP contribution in [-0.2, 0) is 0 Å². The molecule has 0 saturated heterocycles. The number of benzene rings is 1. The van der Waals surface area contributed by atoms with Gasteiger partial charge in [-0.05, 0) is 32.0 Å². The van der Waals surface area contributed by atoms with Crippen LogP contribution in [0.15, 0.2) is 23.4 Å². The summed E-state index contributed by atoms with van der Waals surface area (Å²) in [5, 5.41) is 16.2. The molecule has 0 amide bonds. The van der Waals surface area contributed by atoms with E-state index in [1.165, 1.54) is 0 Å². The first-order valence-electron chi connectivity index (χ1n) is 5.21. The summed E-state index contributed by atoms with van der Waals surface area (Å²) in [4.78, 5) is 4.21. The van der Waals surface area contributed by atoms with Crippen LogP contribution in [0.2, 0.25) is 5.02 Å². The quantitative estimate of drug-likeness (QED) is 0.374. The smallest absolute Gasteiger partial charge is 0.170 e. The molecule has 0 spiro atoms. The first-order valence-corrected chi connectivity index (χ1v) is 5.59. The lowest BCUT2D eigenvalue weighted by Gasteiger charge is -2.07. The molecule has 0 radical (unpaired) electrons. The van der Waals surface area contributed by atoms with Crippen molar-refractivity contribution in [2.24, 2.45) is 10.9 Å². The summed E-state index contributed by atoms with van der Waals surface area (Å²) in [6.07, 6.45) is 0. The monoisotopic (exact) mass is 265 g/mol. The summed E-state index contributed by atoms with van der Waals surface area (Å²) in [7, 11) is 0. The second kappa shape index (κ2) is 4.66. The van der Waals surface area contributed by atoms with E-state index < -0.39 is 0 Å². The van der Waals surface area contributed by atoms with Crippen LogP contribution in [0.3, 0.4) is 0 Å². The summed E-state index contributed by atoms with van der Waals surface area (Å²) in [5.74, 6) is 1.42. The molecule has 0 fully saturated rings. The number of halogens is 1. The highest BCUT2D eigenvalue weighted by atomic mass is 35.5. The van der Waals surface area contributed by atoms with Gasteiger partial charge in [-0.25, -0.2) is 9.67 Å². The molecule has 1 aromatic carbocycles. The maximum Gasteiger partial charge on any atom is 0.170 e. The molecule has 3 N–H and O–H groups in total. The third-order valence-corrected chi connectivity index (χ3v) is 2.76. The highest BCUT2D eigenvalue weighted by Crippen LogP contribution is 2.22. The minimum absolute atomic E-state index is 0.00921. The predicted octanol–water partition coefficient (Wildman–Crippen LogP) is 1.63. The number of oxime groups is 1. The second-order valence-electron chi connectivity index (χ2n) is 3.77. The topological polar surface area (TPSA) is 89.3 Å². The highest BCUT2D eigenvalue weighted by Gasteiger charge is 2.10. The number of aromatic nitrogens is 3. The van der Waals surface area contributed by atoms with Crippen LogP contribution < -0.4 is 5.73 Å². The number of nitrogens with two attached hydrogens (primary N) is 1. The fourth-order valence-electron chi connectivity index (χ4n) is 1.64. The van der Waals surface area contributed by atoms with Crippen LogP contribution in [0.5, 0.6) is 0 Å². The molecule has 2 rings (SSSR count). The van der Waals surface area contributed by atoms with E-state index in [0.717, 1.165) is 5.82 Å². The van der Waals surface area contributed by atoms with Crippen molar-refractivity contribution in [1.29, 1.82) is 0 Å². The number of amidine groups is 1. The zero-order chi connectivity index (χ0) is 13.3. The van der Waals surface area contributed by atoms with Crippen LogP contribution in [0.25, 0.3) is 5.69 Å². The van der Waals surface area contributed by atoms with Crippen molar-refractivity contribution in [2.75, 3.05) is 0 Å². The highest BCUT2D eigenvalue weighted by molar-refractivity contribution is 6.32. The van der Waals surface area contributed by atoms with Crippen molar-refractivity contribution >= 4 is 17.4 Å². The van der Waals surface area contributed by atoms with E-state index in [-0.39, 0.29) is 5.84 Å². The number of hydrogen-bond donors (Lipinski definition) is 2. The van der Waals surface area contributed by atoms with Crippen molar-refractivity contribution in [2.45, 2.75) is 13.8 Å². The van der Waals surface area contributed by atoms with Gasteiger partial charge in [0.15, 0.2) is 5.84 Å². The molecule has 0 aliphatic heterocycles. The van der Waals surface area contributed by atoms with Gasteiger partial charge in [-0.3, -0.25) is 0 Å². The third-order valence-electron chi connectivity index (χ3n) is 2.45. The summed E-state index contributed by atoms with van der Waals surface area (Å²) >= 11 is 6.17. The molecule has 0 aliphatic rings. The molecule has 1 heterocycles. The van der Waals surface area contributed by atoms with E-state index in [1.54, 1.807) is 22.9 Å². The number of hydrogen-bond acceptors (Lipinski definition) is 4. The zero-order valence-corrected chi connectivity index (χ0v) is 10.7. The normalized spacial score (nSPS) is 11.8. The van der Waals surface area contributed by atoms with E-state index in [1.807, 2.05) is 13.8 Å². The van der Waals surface area contributed by atoms with Gasteiger partial charge in [0, 0.05) is 5.56 Å². The van der Waals surface area contributed by atoms with Crippen LogP contribution in [0.4, 0.5) is 0 Å². The SMILES string of the molecule is Cc1nc(C)n(-c2ccc(C(N)=NO)cc2Cl)n1. The molecule has 0 unspecified atom stereocenters. The van der Waals surface area contributed by atoms with E-state index in [9.17, 15) is 0 Å². The van der Waals surface area contributed by atoms with E-state index in [4.69, 9.17) is 22.5 Å². The number of nitrogens with zero attached hydrogens (tertiary/aromatic N) is 4. The van der Waals surface area contributed by atoms with Gasteiger partial charge < -0.3 is 10.9 Å². The van der Waals surface area contributed by atoms with Crippen molar-refractivity contribution in [3.63, 3.8) is 0 Å². The molecule has 18 heavy (non-hydrogen) atoms. The number of aryl methyl sites for hydroxylation is 2. The van der Waals surface area contributed by atoms with Crippen LogP contribution in [0.1, 0.15) is 17.2 Å². The van der Waals surface area contributed by atoms with Gasteiger partial charge in [-0.1, -0.05) is 16.8 Å². The van der Waals surface area contributed by atoms with Crippen molar-refractivity contribution in [1.82, 2.24) is 14.8 Å². The molecule has 0 atom stereocenters. The van der Waals surface area contributed by atoms with Gasteiger partial charge in [0.05, 0.1) is 10.7 Å². The lowest BCUT2D eigenvalue weighted by molar-refractivity contribution is 0.318. The molecule has 7 heteroatoms. The number of rotatable bonds is 2. The second-order valence-corrected chi connectivity index (χ2v) is 4.18. The Morgan fingerprint density at radius 2 is 2.17 bits per heavy atom. The molecule has 0 aliphatic carbocycles. The Morgan fingerprint density at radius 3 is 2.67 bits per heavy atom. The Hall–Kier alpha value is -2.08. The lowest BCUT2D eigenvalue weighted by atomic mass is 10.2. The van der Waals surface area contributed by atoms with Gasteiger partial charge in [-0.2, -0.15) is 5.10 Å². The van der Waals surface area contributed by atoms with Gasteiger partial charge in [0.1, 0.15) is 11.6 Å². The minimum atomic E-state index is 0.00921. The Bertz CT molecular complexity index is 620. The first-order chi connectivity index (χ1) is 8.52. The first kappa shape index (κ1) is 12.4. The van der Waals surface area contributed by atoms with Gasteiger partial charge in [-0.15, -0.1) is 0 Å². The summed E-state index contributed by atoms with van der Waals surface area (Å²) in [6.45, 7) is 3.65. The summed E-state index contributed by atoms with van der Waals surface area (Å²) < 4.78 is 1.65. The van der Waals surface area contributed by atoms with Crippen molar-refractivity contribution in [3.05, 3.63) is 40.4 Å². The van der Waals surface area contributed by atoms with Crippen molar-refractivity contribution < 1.29 is 5.21 Å². The molecule has 94 valence electrons. The largest absolute Gasteiger partial charge is 0.409 e. The molecule has 2 aromatic rings. The van der Waals surface area contributed by atoms with E-state index in [2.05, 4.69) is 15.2 Å². The third kappa shape index (κ3) is 2.14. The molecule has 6 nitrogen and oxygen atoms in total. The minimum Gasteiger partial charge on any atom is -0.409 e. The Balaban J connectivity index is 2.51. The van der Waals surface area contributed by atoms with Crippen LogP contribution in [0, 0.1) is 13.8 Å². The average Bonchev–Trinajstić information content (AvgIpc) is 2.67. The zero-order valence-electron chi connectivity index (χ0n) is 9.92. The predicted molar refractivity (Wildman–Crippen MR) is 68.4 cm³/mol.